The summed E-state index contributed by atoms with van der Waals surface area (Å²) in [6, 6.07) is 13.1. The van der Waals surface area contributed by atoms with Crippen LogP contribution in [0.25, 0.3) is 11.4 Å². The van der Waals surface area contributed by atoms with Crippen molar-refractivity contribution in [1.29, 1.82) is 0 Å². The van der Waals surface area contributed by atoms with Gasteiger partial charge in [0.2, 0.25) is 11.1 Å². The number of halogens is 1. The van der Waals surface area contributed by atoms with Gasteiger partial charge in [-0.05, 0) is 6.07 Å². The van der Waals surface area contributed by atoms with Crippen molar-refractivity contribution in [3.8, 4) is 11.4 Å². The summed E-state index contributed by atoms with van der Waals surface area (Å²) in [5.41, 5.74) is 0.936. The van der Waals surface area contributed by atoms with Crippen molar-refractivity contribution >= 4 is 40.6 Å². The highest BCUT2D eigenvalue weighted by Crippen LogP contribution is 2.27. The molecule has 3 rings (SSSR count). The number of rotatable bonds is 6. The van der Waals surface area contributed by atoms with Gasteiger partial charge < -0.3 is 11.2 Å². The van der Waals surface area contributed by atoms with Gasteiger partial charge in [0.05, 0.1) is 21.4 Å². The van der Waals surface area contributed by atoms with Crippen LogP contribution in [0, 0.1) is 10.1 Å². The molecule has 0 atom stereocenters. The average molecular weight is 405 g/mol. The number of carbonyl (C=O) groups is 1. The average Bonchev–Trinajstić information content (AvgIpc) is 3.03. The Bertz CT molecular complexity index is 995. The molecule has 9 nitrogen and oxygen atoms in total. The molecule has 3 aromatic rings. The number of nitrogens with two attached hydrogens (primary N) is 1. The van der Waals surface area contributed by atoms with E-state index in [0.717, 1.165) is 17.3 Å². The van der Waals surface area contributed by atoms with E-state index in [9.17, 15) is 14.9 Å². The monoisotopic (exact) mass is 404 g/mol. The first-order valence-corrected chi connectivity index (χ1v) is 8.94. The fraction of sp³-hybridized carbons (Fsp3) is 0.0625. The number of nitro groups is 1. The normalized spacial score (nSPS) is 10.6. The summed E-state index contributed by atoms with van der Waals surface area (Å²) in [6.07, 6.45) is 0. The highest BCUT2D eigenvalue weighted by atomic mass is 35.5. The maximum atomic E-state index is 12.1. The molecular formula is C16H13ClN6O3S. The Morgan fingerprint density at radius 2 is 2.00 bits per heavy atom. The largest absolute Gasteiger partial charge is 0.335 e. The second-order valence-corrected chi connectivity index (χ2v) is 6.65. The summed E-state index contributed by atoms with van der Waals surface area (Å²) in [4.78, 5) is 22.3. The van der Waals surface area contributed by atoms with Gasteiger partial charge in [0, 0.05) is 17.7 Å². The van der Waals surface area contributed by atoms with Crippen LogP contribution >= 0.6 is 23.4 Å². The number of nitro benzene ring substituents is 1. The predicted molar refractivity (Wildman–Crippen MR) is 103 cm³/mol. The number of nitrogens with zero attached hydrogens (tertiary/aromatic N) is 4. The van der Waals surface area contributed by atoms with Crippen molar-refractivity contribution in [1.82, 2.24) is 14.9 Å². The Morgan fingerprint density at radius 1 is 1.26 bits per heavy atom. The van der Waals surface area contributed by atoms with E-state index in [2.05, 4.69) is 15.5 Å². The molecule has 0 spiro atoms. The molecule has 3 N–H and O–H groups in total. The van der Waals surface area contributed by atoms with E-state index in [0.29, 0.717) is 11.0 Å². The second-order valence-electron chi connectivity index (χ2n) is 5.30. The summed E-state index contributed by atoms with van der Waals surface area (Å²) in [6.45, 7) is 0. The van der Waals surface area contributed by atoms with Crippen LogP contribution in [0.2, 0.25) is 5.02 Å². The number of hydrogen-bond acceptors (Lipinski definition) is 7. The standard InChI is InChI=1S/C16H13ClN6O3S/c17-12-8-11(23(25)26)6-7-13(12)19-14(24)9-27-16-21-20-15(22(16)18)10-4-2-1-3-5-10/h1-8H,9,18H2,(H,19,24). The molecule has 0 radical (unpaired) electrons. The third-order valence-corrected chi connectivity index (χ3v) is 4.72. The molecule has 0 saturated heterocycles. The Labute approximate surface area is 162 Å². The lowest BCUT2D eigenvalue weighted by molar-refractivity contribution is -0.384. The number of non-ortho nitro benzene ring substituents is 1. The van der Waals surface area contributed by atoms with E-state index in [-0.39, 0.29) is 28.1 Å². The highest BCUT2D eigenvalue weighted by Gasteiger charge is 2.15. The number of nitrogens with one attached hydrogen (secondary N) is 1. The van der Waals surface area contributed by atoms with Gasteiger partial charge in [0.1, 0.15) is 0 Å². The van der Waals surface area contributed by atoms with Gasteiger partial charge in [-0.15, -0.1) is 10.2 Å². The summed E-state index contributed by atoms with van der Waals surface area (Å²) in [5, 5.41) is 21.8. The SMILES string of the molecule is Nn1c(SCC(=O)Nc2ccc([N+](=O)[O-])cc2Cl)nnc1-c1ccccc1. The molecule has 0 aliphatic heterocycles. The van der Waals surface area contributed by atoms with Gasteiger partial charge in [-0.3, -0.25) is 14.9 Å². The molecular weight excluding hydrogens is 392 g/mol. The maximum absolute atomic E-state index is 12.1. The van der Waals surface area contributed by atoms with Crippen LogP contribution in [0.1, 0.15) is 0 Å². The number of thioether (sulfide) groups is 1. The Morgan fingerprint density at radius 3 is 2.67 bits per heavy atom. The molecule has 11 heteroatoms. The van der Waals surface area contributed by atoms with Crippen LogP contribution in [0.4, 0.5) is 11.4 Å². The van der Waals surface area contributed by atoms with E-state index < -0.39 is 4.92 Å². The highest BCUT2D eigenvalue weighted by molar-refractivity contribution is 7.99. The Hall–Kier alpha value is -3.11. The van der Waals surface area contributed by atoms with Crippen molar-refractivity contribution in [3.63, 3.8) is 0 Å². The Balaban J connectivity index is 1.63. The van der Waals surface area contributed by atoms with Crippen molar-refractivity contribution in [2.75, 3.05) is 16.9 Å². The van der Waals surface area contributed by atoms with Gasteiger partial charge in [-0.2, -0.15) is 0 Å². The van der Waals surface area contributed by atoms with Crippen molar-refractivity contribution in [3.05, 3.63) is 63.7 Å². The minimum absolute atomic E-state index is 0.0113. The number of nitrogen functional groups attached to an aromatic ring is 1. The smallest absolute Gasteiger partial charge is 0.271 e. The van der Waals surface area contributed by atoms with Gasteiger partial charge >= 0.3 is 0 Å². The van der Waals surface area contributed by atoms with Crippen LogP contribution in [0.15, 0.2) is 53.7 Å². The Kier molecular flexibility index (Phi) is 5.57. The molecule has 0 bridgehead atoms. The molecule has 1 heterocycles. The zero-order chi connectivity index (χ0) is 19.4. The number of carbonyl (C=O) groups excluding carboxylic acids is 1. The predicted octanol–water partition coefficient (Wildman–Crippen LogP) is 2.95. The fourth-order valence-electron chi connectivity index (χ4n) is 2.19. The number of amides is 1. The van der Waals surface area contributed by atoms with E-state index >= 15 is 0 Å². The zero-order valence-electron chi connectivity index (χ0n) is 13.7. The van der Waals surface area contributed by atoms with Crippen LogP contribution in [-0.2, 0) is 4.79 Å². The van der Waals surface area contributed by atoms with Crippen molar-refractivity contribution in [2.24, 2.45) is 0 Å². The number of anilines is 1. The van der Waals surface area contributed by atoms with Crippen molar-refractivity contribution < 1.29 is 9.72 Å². The van der Waals surface area contributed by atoms with Crippen LogP contribution < -0.4 is 11.2 Å². The second kappa shape index (κ2) is 8.06. The molecule has 2 aromatic carbocycles. The number of aromatic nitrogens is 3. The minimum Gasteiger partial charge on any atom is -0.335 e. The molecule has 27 heavy (non-hydrogen) atoms. The van der Waals surface area contributed by atoms with E-state index in [1.54, 1.807) is 0 Å². The molecule has 0 aliphatic carbocycles. The van der Waals surface area contributed by atoms with Crippen molar-refractivity contribution in [2.45, 2.75) is 5.16 Å². The van der Waals surface area contributed by atoms with Gasteiger partial charge in [-0.1, -0.05) is 53.7 Å². The molecule has 1 amide bonds. The first-order valence-electron chi connectivity index (χ1n) is 7.58. The van der Waals surface area contributed by atoms with Gasteiger partial charge in [0.15, 0.2) is 5.82 Å². The fourth-order valence-corrected chi connectivity index (χ4v) is 3.07. The van der Waals surface area contributed by atoms with Crippen LogP contribution in [0.3, 0.4) is 0 Å². The quantitative estimate of drug-likeness (QED) is 0.279. The number of benzene rings is 2. The van der Waals surface area contributed by atoms with Gasteiger partial charge in [-0.25, -0.2) is 4.68 Å². The minimum atomic E-state index is -0.564. The van der Waals surface area contributed by atoms with Gasteiger partial charge in [0.25, 0.3) is 5.69 Å². The summed E-state index contributed by atoms with van der Waals surface area (Å²) < 4.78 is 1.31. The van der Waals surface area contributed by atoms with E-state index in [4.69, 9.17) is 17.4 Å². The summed E-state index contributed by atoms with van der Waals surface area (Å²) in [5.74, 6) is 6.13. The topological polar surface area (TPSA) is 129 Å². The van der Waals surface area contributed by atoms with E-state index in [1.807, 2.05) is 30.3 Å². The summed E-state index contributed by atoms with van der Waals surface area (Å²) >= 11 is 7.06. The lowest BCUT2D eigenvalue weighted by Gasteiger charge is -2.07. The molecule has 1 aromatic heterocycles. The third kappa shape index (κ3) is 4.36. The first kappa shape index (κ1) is 18.7. The summed E-state index contributed by atoms with van der Waals surface area (Å²) in [7, 11) is 0. The first-order chi connectivity index (χ1) is 13.0. The number of hydrogen-bond donors (Lipinski definition) is 2. The molecule has 0 unspecified atom stereocenters. The molecule has 0 saturated carbocycles. The molecule has 0 fully saturated rings. The molecule has 0 aliphatic rings. The molecule has 138 valence electrons. The lowest BCUT2D eigenvalue weighted by Crippen LogP contribution is -2.16. The lowest BCUT2D eigenvalue weighted by atomic mass is 10.2. The van der Waals surface area contributed by atoms with Crippen LogP contribution in [-0.4, -0.2) is 31.5 Å². The van der Waals surface area contributed by atoms with Crippen LogP contribution in [0.5, 0.6) is 0 Å². The maximum Gasteiger partial charge on any atom is 0.271 e. The third-order valence-electron chi connectivity index (χ3n) is 3.47. The zero-order valence-corrected chi connectivity index (χ0v) is 15.3. The van der Waals surface area contributed by atoms with E-state index in [1.165, 1.54) is 22.9 Å².